The van der Waals surface area contributed by atoms with Crippen LogP contribution in [0, 0.1) is 11.3 Å². The van der Waals surface area contributed by atoms with Crippen LogP contribution in [0.3, 0.4) is 0 Å². The van der Waals surface area contributed by atoms with Crippen molar-refractivity contribution in [2.75, 3.05) is 0 Å². The van der Waals surface area contributed by atoms with E-state index in [2.05, 4.69) is 27.3 Å². The third kappa shape index (κ3) is 1.93. The van der Waals surface area contributed by atoms with Crippen molar-refractivity contribution in [3.05, 3.63) is 29.3 Å². The Balaban J connectivity index is 2.54. The predicted molar refractivity (Wildman–Crippen MR) is 61.8 cm³/mol. The second-order valence-corrected chi connectivity index (χ2v) is 3.81. The van der Waals surface area contributed by atoms with Gasteiger partial charge in [0.1, 0.15) is 6.07 Å². The number of nitriles is 1. The van der Waals surface area contributed by atoms with Crippen LogP contribution in [0.15, 0.2) is 29.4 Å². The van der Waals surface area contributed by atoms with Gasteiger partial charge in [-0.1, -0.05) is 17.3 Å². The molecule has 0 aliphatic rings. The van der Waals surface area contributed by atoms with Gasteiger partial charge in [-0.2, -0.15) is 5.26 Å². The molecule has 0 amide bonds. The number of nitrogens with zero attached hydrogens (tertiary/aromatic N) is 3. The quantitative estimate of drug-likeness (QED) is 0.376. The van der Waals surface area contributed by atoms with Crippen molar-refractivity contribution < 1.29 is 4.28 Å². The molecule has 2 rings (SSSR count). The van der Waals surface area contributed by atoms with Crippen LogP contribution in [0.2, 0.25) is 0 Å². The van der Waals surface area contributed by atoms with Crippen LogP contribution in [-0.4, -0.2) is 10.7 Å². The van der Waals surface area contributed by atoms with E-state index in [4.69, 9.17) is 5.26 Å². The van der Waals surface area contributed by atoms with Crippen LogP contribution in [0.4, 0.5) is 0 Å². The van der Waals surface area contributed by atoms with Gasteiger partial charge in [-0.15, -0.1) is 11.3 Å². The van der Waals surface area contributed by atoms with Gasteiger partial charge in [0, 0.05) is 0 Å². The number of rotatable bonds is 2. The smallest absolute Gasteiger partial charge is 0.216 e. The van der Waals surface area contributed by atoms with E-state index < -0.39 is 0 Å². The van der Waals surface area contributed by atoms with Crippen molar-refractivity contribution >= 4 is 40.2 Å². The molecule has 0 saturated heterocycles. The average Bonchev–Trinajstić information content (AvgIpc) is 2.69. The lowest BCUT2D eigenvalue weighted by atomic mass is 10.3. The summed E-state index contributed by atoms with van der Waals surface area (Å²) in [5, 5.41) is 12.8. The molecule has 1 aromatic carbocycles. The van der Waals surface area contributed by atoms with Gasteiger partial charge in [0.15, 0.2) is 5.01 Å². The first-order chi connectivity index (χ1) is 7.35. The molecule has 1 aromatic heterocycles. The summed E-state index contributed by atoms with van der Waals surface area (Å²) in [4.78, 5) is 4.25. The Hall–Kier alpha value is -1.58. The van der Waals surface area contributed by atoms with Gasteiger partial charge in [0.2, 0.25) is 5.71 Å². The van der Waals surface area contributed by atoms with Crippen LogP contribution < -0.4 is 0 Å². The Kier molecular flexibility index (Phi) is 2.85. The van der Waals surface area contributed by atoms with Crippen LogP contribution in [0.25, 0.3) is 10.2 Å². The second kappa shape index (κ2) is 4.29. The highest BCUT2D eigenvalue weighted by atomic mass is 32.1. The van der Waals surface area contributed by atoms with Crippen molar-refractivity contribution in [3.8, 4) is 6.07 Å². The number of fused-ring (bicyclic) bond motifs is 1. The number of hydrogen-bond donors (Lipinski definition) is 1. The number of aromatic nitrogens is 1. The lowest BCUT2D eigenvalue weighted by molar-refractivity contribution is 0.415. The summed E-state index contributed by atoms with van der Waals surface area (Å²) in [6.07, 6.45) is 0. The zero-order valence-electron chi connectivity index (χ0n) is 7.41. The first-order valence-corrected chi connectivity index (χ1v) is 5.18. The summed E-state index contributed by atoms with van der Waals surface area (Å²) in [5.74, 6) is 0. The summed E-state index contributed by atoms with van der Waals surface area (Å²) in [7, 11) is 0. The number of oxime groups is 1. The fourth-order valence-electron chi connectivity index (χ4n) is 1.12. The Morgan fingerprint density at radius 2 is 2.33 bits per heavy atom. The number of para-hydroxylation sites is 1. The first kappa shape index (κ1) is 9.96. The molecule has 74 valence electrons. The fraction of sp³-hybridized carbons (Fsp3) is 0. The van der Waals surface area contributed by atoms with Crippen LogP contribution in [0.1, 0.15) is 5.01 Å². The minimum atomic E-state index is 0.131. The molecular formula is C9H5N3OS2. The number of benzene rings is 1. The topological polar surface area (TPSA) is 58.3 Å². The maximum atomic E-state index is 8.81. The van der Waals surface area contributed by atoms with Crippen LogP contribution >= 0.6 is 24.2 Å². The number of hydrogen-bond acceptors (Lipinski definition) is 6. The molecule has 0 spiro atoms. The summed E-state index contributed by atoms with van der Waals surface area (Å²) in [5.41, 5.74) is 0.978. The highest BCUT2D eigenvalue weighted by Gasteiger charge is 2.09. The zero-order valence-corrected chi connectivity index (χ0v) is 9.13. The Labute approximate surface area is 95.4 Å². The van der Waals surface area contributed by atoms with E-state index in [0.29, 0.717) is 5.01 Å². The molecule has 0 unspecified atom stereocenters. The van der Waals surface area contributed by atoms with Crippen molar-refractivity contribution in [3.63, 3.8) is 0 Å². The molecule has 4 nitrogen and oxygen atoms in total. The molecule has 0 atom stereocenters. The molecule has 0 N–H and O–H groups in total. The Morgan fingerprint density at radius 3 is 3.00 bits per heavy atom. The van der Waals surface area contributed by atoms with Crippen molar-refractivity contribution in [2.45, 2.75) is 0 Å². The van der Waals surface area contributed by atoms with E-state index in [1.807, 2.05) is 30.3 Å². The van der Waals surface area contributed by atoms with Crippen LogP contribution in [-0.2, 0) is 4.28 Å². The van der Waals surface area contributed by atoms with Gasteiger partial charge in [0.25, 0.3) is 0 Å². The summed E-state index contributed by atoms with van der Waals surface area (Å²) in [6.45, 7) is 0. The summed E-state index contributed by atoms with van der Waals surface area (Å²) in [6, 6.07) is 9.53. The zero-order chi connectivity index (χ0) is 10.7. The fourth-order valence-corrected chi connectivity index (χ4v) is 2.10. The monoisotopic (exact) mass is 235 g/mol. The van der Waals surface area contributed by atoms with Gasteiger partial charge < -0.3 is 4.28 Å². The van der Waals surface area contributed by atoms with Crippen molar-refractivity contribution in [1.29, 1.82) is 5.26 Å². The molecule has 0 radical (unpaired) electrons. The molecule has 2 aromatic rings. The predicted octanol–water partition coefficient (Wildman–Crippen LogP) is 2.39. The summed E-state index contributed by atoms with van der Waals surface area (Å²) < 4.78 is 5.28. The highest BCUT2D eigenvalue weighted by Crippen LogP contribution is 2.21. The average molecular weight is 235 g/mol. The van der Waals surface area contributed by atoms with Crippen molar-refractivity contribution in [2.24, 2.45) is 5.16 Å². The van der Waals surface area contributed by atoms with E-state index >= 15 is 0 Å². The molecule has 0 aliphatic carbocycles. The number of thiazole rings is 1. The normalized spacial score (nSPS) is 11.3. The first-order valence-electron chi connectivity index (χ1n) is 4.00. The molecule has 15 heavy (non-hydrogen) atoms. The van der Waals surface area contributed by atoms with E-state index in [9.17, 15) is 0 Å². The molecule has 6 heteroatoms. The van der Waals surface area contributed by atoms with Crippen molar-refractivity contribution in [1.82, 2.24) is 4.98 Å². The van der Waals surface area contributed by atoms with Gasteiger partial charge in [-0.05, 0) is 12.1 Å². The van der Waals surface area contributed by atoms with Gasteiger partial charge in [0.05, 0.1) is 23.1 Å². The van der Waals surface area contributed by atoms with Crippen LogP contribution in [0.5, 0.6) is 0 Å². The third-order valence-corrected chi connectivity index (χ3v) is 2.86. The third-order valence-electron chi connectivity index (χ3n) is 1.73. The Morgan fingerprint density at radius 1 is 1.53 bits per heavy atom. The minimum absolute atomic E-state index is 0.131. The maximum absolute atomic E-state index is 8.81. The molecular weight excluding hydrogens is 230 g/mol. The van der Waals surface area contributed by atoms with Gasteiger partial charge in [-0.3, -0.25) is 0 Å². The van der Waals surface area contributed by atoms with Gasteiger partial charge in [-0.25, -0.2) is 4.98 Å². The largest absolute Gasteiger partial charge is 0.324 e. The standard InChI is InChI=1S/C9H5N3OS2/c10-5-7(12-13-14)9-11-6-3-1-2-4-8(6)15-9/h1-4,14H/b12-7+. The molecule has 1 heterocycles. The molecule has 0 saturated carbocycles. The van der Waals surface area contributed by atoms with E-state index in [-0.39, 0.29) is 5.71 Å². The lowest BCUT2D eigenvalue weighted by Crippen LogP contribution is -1.95. The Bertz CT molecular complexity index is 523. The molecule has 0 bridgehead atoms. The summed E-state index contributed by atoms with van der Waals surface area (Å²) >= 11 is 4.86. The van der Waals surface area contributed by atoms with E-state index in [0.717, 1.165) is 10.2 Å². The number of thiol groups is 1. The highest BCUT2D eigenvalue weighted by molar-refractivity contribution is 7.75. The molecule has 0 fully saturated rings. The molecule has 0 aliphatic heterocycles. The SMILES string of the molecule is N#C/C(=N\OS)c1nc2ccccc2s1. The van der Waals surface area contributed by atoms with E-state index in [1.165, 1.54) is 11.3 Å². The lowest BCUT2D eigenvalue weighted by Gasteiger charge is -1.87. The van der Waals surface area contributed by atoms with Gasteiger partial charge >= 0.3 is 0 Å². The van der Waals surface area contributed by atoms with E-state index in [1.54, 1.807) is 0 Å². The second-order valence-electron chi connectivity index (χ2n) is 2.62. The maximum Gasteiger partial charge on any atom is 0.216 e. The minimum Gasteiger partial charge on any atom is -0.324 e.